The molecular weight excluding hydrogens is 248 g/mol. The Morgan fingerprint density at radius 3 is 2.56 bits per heavy atom. The average molecular weight is 263 g/mol. The van der Waals surface area contributed by atoms with Crippen molar-refractivity contribution >= 4 is 11.6 Å². The summed E-state index contributed by atoms with van der Waals surface area (Å²) in [5, 5.41) is 9.96. The van der Waals surface area contributed by atoms with E-state index in [-0.39, 0.29) is 0 Å². The highest BCUT2D eigenvalue weighted by Gasteiger charge is 2.07. The summed E-state index contributed by atoms with van der Waals surface area (Å²) in [6, 6.07) is 13.1. The SMILES string of the molecule is Cc1cccc(Oc2ccc([C@H](C)O)cc2Cl)c1. The number of ether oxygens (including phenoxy) is 1. The average Bonchev–Trinajstić information content (AvgIpc) is 2.31. The Bertz CT molecular complexity index is 550. The van der Waals surface area contributed by atoms with E-state index in [0.29, 0.717) is 10.8 Å². The van der Waals surface area contributed by atoms with Gasteiger partial charge in [0.15, 0.2) is 0 Å². The first-order valence-electron chi connectivity index (χ1n) is 5.78. The molecule has 0 spiro atoms. The van der Waals surface area contributed by atoms with E-state index < -0.39 is 6.10 Å². The fourth-order valence-electron chi connectivity index (χ4n) is 1.67. The lowest BCUT2D eigenvalue weighted by Crippen LogP contribution is -1.92. The molecule has 2 aromatic rings. The third kappa shape index (κ3) is 3.03. The van der Waals surface area contributed by atoms with Crippen LogP contribution in [-0.4, -0.2) is 5.11 Å². The molecule has 18 heavy (non-hydrogen) atoms. The molecule has 0 amide bonds. The second kappa shape index (κ2) is 5.42. The summed E-state index contributed by atoms with van der Waals surface area (Å²) in [7, 11) is 0. The smallest absolute Gasteiger partial charge is 0.146 e. The van der Waals surface area contributed by atoms with Gasteiger partial charge in [-0.1, -0.05) is 29.8 Å². The highest BCUT2D eigenvalue weighted by Crippen LogP contribution is 2.31. The van der Waals surface area contributed by atoms with Crippen LogP contribution in [0.2, 0.25) is 5.02 Å². The van der Waals surface area contributed by atoms with Crippen molar-refractivity contribution in [1.82, 2.24) is 0 Å². The molecule has 1 atom stereocenters. The molecule has 0 bridgehead atoms. The minimum absolute atomic E-state index is 0.495. The van der Waals surface area contributed by atoms with Crippen molar-refractivity contribution in [3.05, 3.63) is 58.6 Å². The van der Waals surface area contributed by atoms with Gasteiger partial charge in [-0.15, -0.1) is 0 Å². The number of aliphatic hydroxyl groups is 1. The van der Waals surface area contributed by atoms with Crippen LogP contribution >= 0.6 is 11.6 Å². The van der Waals surface area contributed by atoms with E-state index in [9.17, 15) is 5.11 Å². The molecule has 94 valence electrons. The predicted octanol–water partition coefficient (Wildman–Crippen LogP) is 4.49. The molecule has 3 heteroatoms. The van der Waals surface area contributed by atoms with Crippen LogP contribution in [0.25, 0.3) is 0 Å². The summed E-state index contributed by atoms with van der Waals surface area (Å²) in [6.45, 7) is 3.71. The maximum Gasteiger partial charge on any atom is 0.146 e. The van der Waals surface area contributed by atoms with Gasteiger partial charge < -0.3 is 9.84 Å². The highest BCUT2D eigenvalue weighted by molar-refractivity contribution is 6.32. The van der Waals surface area contributed by atoms with Crippen molar-refractivity contribution in [1.29, 1.82) is 0 Å². The van der Waals surface area contributed by atoms with Crippen molar-refractivity contribution in [2.75, 3.05) is 0 Å². The number of halogens is 1. The van der Waals surface area contributed by atoms with Gasteiger partial charge in [0.25, 0.3) is 0 Å². The largest absolute Gasteiger partial charge is 0.456 e. The minimum Gasteiger partial charge on any atom is -0.456 e. The Kier molecular flexibility index (Phi) is 3.90. The summed E-state index contributed by atoms with van der Waals surface area (Å²) < 4.78 is 5.71. The van der Waals surface area contributed by atoms with Crippen molar-refractivity contribution in [2.45, 2.75) is 20.0 Å². The van der Waals surface area contributed by atoms with Crippen molar-refractivity contribution in [2.24, 2.45) is 0 Å². The molecule has 2 rings (SSSR count). The first-order valence-corrected chi connectivity index (χ1v) is 6.16. The van der Waals surface area contributed by atoms with Gasteiger partial charge in [-0.05, 0) is 49.2 Å². The van der Waals surface area contributed by atoms with E-state index >= 15 is 0 Å². The maximum absolute atomic E-state index is 9.47. The van der Waals surface area contributed by atoms with E-state index in [0.717, 1.165) is 16.9 Å². The van der Waals surface area contributed by atoms with Gasteiger partial charge >= 0.3 is 0 Å². The molecular formula is C15H15ClO2. The number of aryl methyl sites for hydroxylation is 1. The molecule has 0 unspecified atom stereocenters. The molecule has 0 heterocycles. The van der Waals surface area contributed by atoms with Gasteiger partial charge in [-0.3, -0.25) is 0 Å². The van der Waals surface area contributed by atoms with E-state index in [1.54, 1.807) is 19.1 Å². The standard InChI is InChI=1S/C15H15ClO2/c1-10-4-3-5-13(8-10)18-15-7-6-12(11(2)17)9-14(15)16/h3-9,11,17H,1-2H3/t11-/m0/s1. The number of hydrogen-bond donors (Lipinski definition) is 1. The Labute approximate surface area is 112 Å². The molecule has 2 aromatic carbocycles. The van der Waals surface area contributed by atoms with Crippen LogP contribution in [0.4, 0.5) is 0 Å². The van der Waals surface area contributed by atoms with Crippen LogP contribution in [0, 0.1) is 6.92 Å². The lowest BCUT2D eigenvalue weighted by molar-refractivity contribution is 0.199. The summed E-state index contributed by atoms with van der Waals surface area (Å²) in [5.41, 5.74) is 1.90. The monoisotopic (exact) mass is 262 g/mol. The van der Waals surface area contributed by atoms with Crippen LogP contribution in [-0.2, 0) is 0 Å². The molecule has 0 aliphatic rings. The first-order chi connectivity index (χ1) is 8.56. The second-order valence-corrected chi connectivity index (χ2v) is 4.69. The third-order valence-corrected chi connectivity index (χ3v) is 2.95. The zero-order chi connectivity index (χ0) is 13.1. The van der Waals surface area contributed by atoms with E-state index in [1.807, 2.05) is 37.3 Å². The van der Waals surface area contributed by atoms with E-state index in [1.165, 1.54) is 0 Å². The Morgan fingerprint density at radius 1 is 1.17 bits per heavy atom. The lowest BCUT2D eigenvalue weighted by atomic mass is 10.1. The maximum atomic E-state index is 9.47. The van der Waals surface area contributed by atoms with Gasteiger partial charge in [0.2, 0.25) is 0 Å². The number of rotatable bonds is 3. The summed E-state index contributed by atoms with van der Waals surface area (Å²) >= 11 is 6.13. The molecule has 0 aliphatic carbocycles. The van der Waals surface area contributed by atoms with Gasteiger partial charge in [0.05, 0.1) is 11.1 Å². The number of hydrogen-bond acceptors (Lipinski definition) is 2. The van der Waals surface area contributed by atoms with Crippen LogP contribution in [0.3, 0.4) is 0 Å². The zero-order valence-electron chi connectivity index (χ0n) is 10.4. The fraction of sp³-hybridized carbons (Fsp3) is 0.200. The summed E-state index contributed by atoms with van der Waals surface area (Å²) in [6.07, 6.45) is -0.532. The molecule has 1 N–H and O–H groups in total. The third-order valence-electron chi connectivity index (χ3n) is 2.66. The van der Waals surface area contributed by atoms with Gasteiger partial charge in [0, 0.05) is 0 Å². The zero-order valence-corrected chi connectivity index (χ0v) is 11.1. The molecule has 0 aliphatic heterocycles. The lowest BCUT2D eigenvalue weighted by Gasteiger charge is -2.10. The quantitative estimate of drug-likeness (QED) is 0.883. The van der Waals surface area contributed by atoms with Crippen LogP contribution in [0.15, 0.2) is 42.5 Å². The minimum atomic E-state index is -0.532. The fourth-order valence-corrected chi connectivity index (χ4v) is 1.89. The van der Waals surface area contributed by atoms with Crippen molar-refractivity contribution in [3.63, 3.8) is 0 Å². The summed E-state index contributed by atoms with van der Waals surface area (Å²) in [5.74, 6) is 1.34. The second-order valence-electron chi connectivity index (χ2n) is 4.28. The number of aliphatic hydroxyl groups excluding tert-OH is 1. The first kappa shape index (κ1) is 12.9. The molecule has 0 saturated carbocycles. The highest BCUT2D eigenvalue weighted by atomic mass is 35.5. The van der Waals surface area contributed by atoms with E-state index in [4.69, 9.17) is 16.3 Å². The number of benzene rings is 2. The molecule has 0 fully saturated rings. The molecule has 0 radical (unpaired) electrons. The topological polar surface area (TPSA) is 29.5 Å². The summed E-state index contributed by atoms with van der Waals surface area (Å²) in [4.78, 5) is 0. The Balaban J connectivity index is 2.24. The van der Waals surface area contributed by atoms with Crippen molar-refractivity contribution < 1.29 is 9.84 Å². The predicted molar refractivity (Wildman–Crippen MR) is 73.3 cm³/mol. The van der Waals surface area contributed by atoms with Crippen LogP contribution < -0.4 is 4.74 Å². The Hall–Kier alpha value is -1.51. The Morgan fingerprint density at radius 2 is 1.94 bits per heavy atom. The van der Waals surface area contributed by atoms with Gasteiger partial charge in [-0.25, -0.2) is 0 Å². The van der Waals surface area contributed by atoms with Gasteiger partial charge in [0.1, 0.15) is 11.5 Å². The van der Waals surface area contributed by atoms with Crippen molar-refractivity contribution in [3.8, 4) is 11.5 Å². The van der Waals surface area contributed by atoms with Crippen LogP contribution in [0.1, 0.15) is 24.2 Å². The van der Waals surface area contributed by atoms with E-state index in [2.05, 4.69) is 0 Å². The normalized spacial score (nSPS) is 12.2. The molecule has 0 aromatic heterocycles. The van der Waals surface area contributed by atoms with Gasteiger partial charge in [-0.2, -0.15) is 0 Å². The van der Waals surface area contributed by atoms with Crippen LogP contribution in [0.5, 0.6) is 11.5 Å². The molecule has 0 saturated heterocycles. The molecule has 2 nitrogen and oxygen atoms in total.